The van der Waals surface area contributed by atoms with Gasteiger partial charge in [0.05, 0.1) is 12.2 Å². The molecule has 0 amide bonds. The molecule has 2 nitrogen and oxygen atoms in total. The molecule has 1 aromatic carbocycles. The predicted octanol–water partition coefficient (Wildman–Crippen LogP) is 4.04. The summed E-state index contributed by atoms with van der Waals surface area (Å²) in [6, 6.07) is 8.03. The van der Waals surface area contributed by atoms with E-state index in [1.54, 1.807) is 0 Å². The van der Waals surface area contributed by atoms with Gasteiger partial charge in [0.15, 0.2) is 0 Å². The summed E-state index contributed by atoms with van der Waals surface area (Å²) in [4.78, 5) is 0. The molecular weight excluding hydrogens is 172 g/mol. The zero-order chi connectivity index (χ0) is 10.2. The second kappa shape index (κ2) is 6.08. The van der Waals surface area contributed by atoms with Crippen molar-refractivity contribution in [1.29, 1.82) is 0 Å². The van der Waals surface area contributed by atoms with E-state index >= 15 is 0 Å². The molecule has 0 aliphatic heterocycles. The Morgan fingerprint density at radius 3 is 2.50 bits per heavy atom. The fraction of sp³-hybridized carbons (Fsp3) is 0.333. The van der Waals surface area contributed by atoms with Crippen LogP contribution in [0.5, 0.6) is 0 Å². The highest BCUT2D eigenvalue weighted by molar-refractivity contribution is 5.37. The highest BCUT2D eigenvalue weighted by Crippen LogP contribution is 2.12. The van der Waals surface area contributed by atoms with Crippen LogP contribution in [0, 0.1) is 6.92 Å². The van der Waals surface area contributed by atoms with Gasteiger partial charge < -0.3 is 0 Å². The van der Waals surface area contributed by atoms with Crippen LogP contribution in [-0.4, -0.2) is 6.54 Å². The zero-order valence-electron chi connectivity index (χ0n) is 8.77. The van der Waals surface area contributed by atoms with Crippen molar-refractivity contribution in [3.8, 4) is 0 Å². The van der Waals surface area contributed by atoms with Gasteiger partial charge in [-0.15, -0.1) is 0 Å². The first-order valence-corrected chi connectivity index (χ1v) is 4.92. The lowest BCUT2D eigenvalue weighted by molar-refractivity contribution is 1.06. The van der Waals surface area contributed by atoms with E-state index in [4.69, 9.17) is 0 Å². The highest BCUT2D eigenvalue weighted by Gasteiger charge is 1.86. The molecule has 0 spiro atoms. The first-order chi connectivity index (χ1) is 6.83. The number of azo groups is 1. The van der Waals surface area contributed by atoms with E-state index in [9.17, 15) is 0 Å². The Balaban J connectivity index is 2.44. The number of benzene rings is 1. The molecule has 0 aliphatic carbocycles. The number of nitrogens with zero attached hydrogens (tertiary/aromatic N) is 2. The van der Waals surface area contributed by atoms with Gasteiger partial charge in [0.25, 0.3) is 0 Å². The smallest absolute Gasteiger partial charge is 0.0852 e. The molecule has 0 fully saturated rings. The van der Waals surface area contributed by atoms with Gasteiger partial charge in [0.1, 0.15) is 0 Å². The van der Waals surface area contributed by atoms with Crippen LogP contribution in [-0.2, 0) is 0 Å². The molecule has 74 valence electrons. The Kier molecular flexibility index (Phi) is 4.62. The van der Waals surface area contributed by atoms with Gasteiger partial charge >= 0.3 is 0 Å². The van der Waals surface area contributed by atoms with E-state index in [2.05, 4.69) is 30.2 Å². The number of allylic oxidation sites excluding steroid dienone is 1. The van der Waals surface area contributed by atoms with Crippen molar-refractivity contribution in [3.63, 3.8) is 0 Å². The van der Waals surface area contributed by atoms with Gasteiger partial charge in [-0.25, -0.2) is 0 Å². The average molecular weight is 188 g/mol. The molecule has 0 aliphatic rings. The van der Waals surface area contributed by atoms with Gasteiger partial charge in [-0.1, -0.05) is 36.8 Å². The van der Waals surface area contributed by atoms with Crippen LogP contribution in [0.1, 0.15) is 18.9 Å². The third-order valence-corrected chi connectivity index (χ3v) is 1.81. The van der Waals surface area contributed by atoms with E-state index in [0.29, 0.717) is 6.54 Å². The predicted molar refractivity (Wildman–Crippen MR) is 60.0 cm³/mol. The van der Waals surface area contributed by atoms with E-state index in [1.165, 1.54) is 5.56 Å². The molecule has 0 N–H and O–H groups in total. The molecule has 0 saturated carbocycles. The molecule has 2 heteroatoms. The van der Waals surface area contributed by atoms with Crippen LogP contribution < -0.4 is 0 Å². The van der Waals surface area contributed by atoms with Gasteiger partial charge in [0.2, 0.25) is 0 Å². The van der Waals surface area contributed by atoms with E-state index in [0.717, 1.165) is 12.1 Å². The minimum Gasteiger partial charge on any atom is -0.185 e. The van der Waals surface area contributed by atoms with Crippen LogP contribution in [0.15, 0.2) is 46.6 Å². The first-order valence-electron chi connectivity index (χ1n) is 4.92. The maximum absolute atomic E-state index is 4.09. The van der Waals surface area contributed by atoms with Crippen molar-refractivity contribution >= 4 is 5.69 Å². The number of hydrogen-bond acceptors (Lipinski definition) is 2. The molecular formula is C12H16N2. The number of aryl methyl sites for hydroxylation is 1. The summed E-state index contributed by atoms with van der Waals surface area (Å²) in [5.41, 5.74) is 2.16. The first kappa shape index (κ1) is 10.6. The summed E-state index contributed by atoms with van der Waals surface area (Å²) in [5.74, 6) is 0. The molecule has 1 aromatic rings. The summed E-state index contributed by atoms with van der Waals surface area (Å²) in [6.07, 6.45) is 5.17. The van der Waals surface area contributed by atoms with Crippen LogP contribution in [0.3, 0.4) is 0 Å². The topological polar surface area (TPSA) is 24.7 Å². The third-order valence-electron chi connectivity index (χ3n) is 1.81. The molecule has 0 heterocycles. The minimum atomic E-state index is 0.668. The summed E-state index contributed by atoms with van der Waals surface area (Å²) < 4.78 is 0. The molecule has 0 unspecified atom stereocenters. The summed E-state index contributed by atoms with van der Waals surface area (Å²) in [7, 11) is 0. The Bertz CT molecular complexity index is 310. The van der Waals surface area contributed by atoms with Crippen molar-refractivity contribution in [2.75, 3.05) is 6.54 Å². The summed E-state index contributed by atoms with van der Waals surface area (Å²) in [6.45, 7) is 4.83. The van der Waals surface area contributed by atoms with Crippen LogP contribution in [0.2, 0.25) is 0 Å². The van der Waals surface area contributed by atoms with Crippen LogP contribution in [0.4, 0.5) is 5.69 Å². The van der Waals surface area contributed by atoms with Gasteiger partial charge in [-0.3, -0.25) is 0 Å². The third kappa shape index (κ3) is 3.99. The van der Waals surface area contributed by atoms with Crippen molar-refractivity contribution in [3.05, 3.63) is 42.0 Å². The Morgan fingerprint density at radius 2 is 1.86 bits per heavy atom. The van der Waals surface area contributed by atoms with Crippen molar-refractivity contribution < 1.29 is 0 Å². The summed E-state index contributed by atoms with van der Waals surface area (Å²) in [5, 5.41) is 8.14. The lowest BCUT2D eigenvalue weighted by atomic mass is 10.2. The Hall–Kier alpha value is -1.44. The Labute approximate surface area is 85.4 Å². The van der Waals surface area contributed by atoms with E-state index in [1.807, 2.05) is 30.3 Å². The van der Waals surface area contributed by atoms with Gasteiger partial charge in [-0.2, -0.15) is 10.2 Å². The lowest BCUT2D eigenvalue weighted by Gasteiger charge is -1.92. The largest absolute Gasteiger partial charge is 0.185 e. The number of rotatable bonds is 4. The molecule has 14 heavy (non-hydrogen) atoms. The molecule has 1 rings (SSSR count). The standard InChI is InChI=1S/C12H16N2/c1-3-4-5-10-13-14-12-8-6-11(2)7-9-12/h4-9H,3,10H2,1-2H3/b5-4-,14-13?. The molecule has 0 bridgehead atoms. The van der Waals surface area contributed by atoms with E-state index < -0.39 is 0 Å². The normalized spacial score (nSPS) is 11.6. The fourth-order valence-electron chi connectivity index (χ4n) is 1.02. The van der Waals surface area contributed by atoms with Crippen molar-refractivity contribution in [2.24, 2.45) is 10.2 Å². The second-order valence-electron chi connectivity index (χ2n) is 3.14. The molecule has 0 radical (unpaired) electrons. The molecule has 0 atom stereocenters. The van der Waals surface area contributed by atoms with Crippen molar-refractivity contribution in [1.82, 2.24) is 0 Å². The van der Waals surface area contributed by atoms with Crippen LogP contribution >= 0.6 is 0 Å². The summed E-state index contributed by atoms with van der Waals surface area (Å²) >= 11 is 0. The van der Waals surface area contributed by atoms with E-state index in [-0.39, 0.29) is 0 Å². The minimum absolute atomic E-state index is 0.668. The zero-order valence-corrected chi connectivity index (χ0v) is 8.77. The lowest BCUT2D eigenvalue weighted by Crippen LogP contribution is -1.71. The number of hydrogen-bond donors (Lipinski definition) is 0. The highest BCUT2D eigenvalue weighted by atomic mass is 15.1. The SMILES string of the molecule is CC/C=C\CN=Nc1ccc(C)cc1. The van der Waals surface area contributed by atoms with Crippen molar-refractivity contribution in [2.45, 2.75) is 20.3 Å². The Morgan fingerprint density at radius 1 is 1.14 bits per heavy atom. The second-order valence-corrected chi connectivity index (χ2v) is 3.14. The molecule has 0 saturated heterocycles. The monoisotopic (exact) mass is 188 g/mol. The molecule has 0 aromatic heterocycles. The van der Waals surface area contributed by atoms with Gasteiger partial charge in [-0.05, 0) is 25.5 Å². The average Bonchev–Trinajstić information content (AvgIpc) is 2.21. The maximum Gasteiger partial charge on any atom is 0.0852 e. The maximum atomic E-state index is 4.09. The quantitative estimate of drug-likeness (QED) is 0.503. The van der Waals surface area contributed by atoms with Gasteiger partial charge in [0, 0.05) is 0 Å². The fourth-order valence-corrected chi connectivity index (χ4v) is 1.02. The van der Waals surface area contributed by atoms with Crippen LogP contribution in [0.25, 0.3) is 0 Å².